The van der Waals surface area contributed by atoms with Crippen LogP contribution in [0.15, 0.2) is 60.7 Å². The molecule has 0 saturated carbocycles. The van der Waals surface area contributed by atoms with E-state index in [0.29, 0.717) is 13.1 Å². The van der Waals surface area contributed by atoms with Crippen molar-refractivity contribution in [2.75, 3.05) is 13.2 Å². The van der Waals surface area contributed by atoms with Crippen molar-refractivity contribution in [2.24, 2.45) is 5.92 Å². The predicted molar refractivity (Wildman–Crippen MR) is 91.2 cm³/mol. The largest absolute Gasteiger partial charge is 0.465 e. The molecule has 1 saturated heterocycles. The summed E-state index contributed by atoms with van der Waals surface area (Å²) in [4.78, 5) is 27.0. The lowest BCUT2D eigenvalue weighted by atomic mass is 9.89. The Morgan fingerprint density at radius 1 is 1.08 bits per heavy atom. The number of esters is 1. The van der Waals surface area contributed by atoms with Gasteiger partial charge in [0.15, 0.2) is 0 Å². The van der Waals surface area contributed by atoms with Crippen molar-refractivity contribution in [3.63, 3.8) is 0 Å². The highest BCUT2D eigenvalue weighted by molar-refractivity contribution is 6.00. The minimum Gasteiger partial charge on any atom is -0.465 e. The quantitative estimate of drug-likeness (QED) is 0.628. The maximum atomic E-state index is 12.8. The molecule has 0 bridgehead atoms. The monoisotopic (exact) mass is 323 g/mol. The summed E-state index contributed by atoms with van der Waals surface area (Å²) >= 11 is 0. The molecule has 2 aromatic carbocycles. The molecule has 0 unspecified atom stereocenters. The Morgan fingerprint density at radius 2 is 1.71 bits per heavy atom. The molecule has 0 aromatic heterocycles. The van der Waals surface area contributed by atoms with Gasteiger partial charge in [-0.1, -0.05) is 60.7 Å². The molecule has 0 spiro atoms. The van der Waals surface area contributed by atoms with Gasteiger partial charge in [0.05, 0.1) is 6.61 Å². The summed E-state index contributed by atoms with van der Waals surface area (Å²) in [5.74, 6) is -1.49. The third-order valence-electron chi connectivity index (χ3n) is 4.38. The van der Waals surface area contributed by atoms with Gasteiger partial charge in [0.1, 0.15) is 5.92 Å². The molecule has 1 aliphatic heterocycles. The predicted octanol–water partition coefficient (Wildman–Crippen LogP) is 2.99. The van der Waals surface area contributed by atoms with E-state index in [0.717, 1.165) is 11.1 Å². The molecular weight excluding hydrogens is 302 g/mol. The minimum atomic E-state index is -0.754. The molecule has 3 rings (SSSR count). The van der Waals surface area contributed by atoms with Gasteiger partial charge in [-0.25, -0.2) is 0 Å². The number of hydrogen-bond acceptors (Lipinski definition) is 3. The number of benzene rings is 2. The number of carbonyl (C=O) groups is 2. The average Bonchev–Trinajstić information content (AvgIpc) is 2.93. The molecule has 1 aliphatic rings. The fourth-order valence-corrected chi connectivity index (χ4v) is 3.24. The summed E-state index contributed by atoms with van der Waals surface area (Å²) in [6.45, 7) is 3.08. The third-order valence-corrected chi connectivity index (χ3v) is 4.38. The van der Waals surface area contributed by atoms with Crippen LogP contribution in [-0.4, -0.2) is 29.9 Å². The second kappa shape index (κ2) is 7.30. The molecule has 24 heavy (non-hydrogen) atoms. The Bertz CT molecular complexity index is 699. The molecule has 4 nitrogen and oxygen atoms in total. The number of likely N-dealkylation sites (tertiary alicyclic amines) is 1. The fraction of sp³-hybridized carbons (Fsp3) is 0.300. The van der Waals surface area contributed by atoms with Crippen LogP contribution in [0.5, 0.6) is 0 Å². The van der Waals surface area contributed by atoms with Crippen LogP contribution in [0.4, 0.5) is 0 Å². The molecule has 124 valence electrons. The maximum Gasteiger partial charge on any atom is 0.319 e. The van der Waals surface area contributed by atoms with Crippen molar-refractivity contribution in [1.82, 2.24) is 4.90 Å². The van der Waals surface area contributed by atoms with Crippen LogP contribution in [0, 0.1) is 5.92 Å². The number of rotatable bonds is 5. The van der Waals surface area contributed by atoms with Crippen LogP contribution in [-0.2, 0) is 20.9 Å². The third kappa shape index (κ3) is 3.32. The van der Waals surface area contributed by atoms with Crippen molar-refractivity contribution in [3.8, 4) is 0 Å². The summed E-state index contributed by atoms with van der Waals surface area (Å²) in [7, 11) is 0. The van der Waals surface area contributed by atoms with Gasteiger partial charge in [-0.2, -0.15) is 0 Å². The lowest BCUT2D eigenvalue weighted by molar-refractivity contribution is -0.153. The van der Waals surface area contributed by atoms with E-state index in [-0.39, 0.29) is 18.4 Å². The van der Waals surface area contributed by atoms with E-state index in [2.05, 4.69) is 0 Å². The van der Waals surface area contributed by atoms with Gasteiger partial charge in [0.2, 0.25) is 5.91 Å². The first-order valence-electron chi connectivity index (χ1n) is 8.25. The molecule has 1 fully saturated rings. The molecule has 4 heteroatoms. The van der Waals surface area contributed by atoms with E-state index in [1.807, 2.05) is 60.7 Å². The maximum absolute atomic E-state index is 12.8. The number of nitrogens with zero attached hydrogens (tertiary/aromatic N) is 1. The Hall–Kier alpha value is -2.62. The number of ether oxygens (including phenoxy) is 1. The molecule has 1 amide bonds. The SMILES string of the molecule is CCOC(=O)[C@H]1C(=O)N(Cc2ccccc2)C[C@@H]1c1ccccc1. The van der Waals surface area contributed by atoms with E-state index in [4.69, 9.17) is 4.74 Å². The summed E-state index contributed by atoms with van der Waals surface area (Å²) < 4.78 is 5.16. The Morgan fingerprint density at radius 3 is 2.33 bits per heavy atom. The topological polar surface area (TPSA) is 46.6 Å². The zero-order valence-corrected chi connectivity index (χ0v) is 13.7. The highest BCUT2D eigenvalue weighted by Crippen LogP contribution is 2.35. The summed E-state index contributed by atoms with van der Waals surface area (Å²) in [5.41, 5.74) is 2.06. The zero-order valence-electron chi connectivity index (χ0n) is 13.7. The van der Waals surface area contributed by atoms with E-state index < -0.39 is 11.9 Å². The lowest BCUT2D eigenvalue weighted by Gasteiger charge is -2.16. The van der Waals surface area contributed by atoms with E-state index >= 15 is 0 Å². The second-order valence-corrected chi connectivity index (χ2v) is 5.95. The molecule has 2 atom stereocenters. The lowest BCUT2D eigenvalue weighted by Crippen LogP contribution is -2.31. The zero-order chi connectivity index (χ0) is 16.9. The van der Waals surface area contributed by atoms with Gasteiger partial charge in [-0.3, -0.25) is 9.59 Å². The van der Waals surface area contributed by atoms with Crippen molar-refractivity contribution in [1.29, 1.82) is 0 Å². The van der Waals surface area contributed by atoms with Gasteiger partial charge >= 0.3 is 5.97 Å². The molecule has 1 heterocycles. The highest BCUT2D eigenvalue weighted by Gasteiger charge is 2.46. The van der Waals surface area contributed by atoms with Crippen molar-refractivity contribution >= 4 is 11.9 Å². The van der Waals surface area contributed by atoms with E-state index in [9.17, 15) is 9.59 Å². The summed E-state index contributed by atoms with van der Waals surface area (Å²) in [6, 6.07) is 19.6. The first-order chi connectivity index (χ1) is 11.7. The van der Waals surface area contributed by atoms with Crippen LogP contribution in [0.2, 0.25) is 0 Å². The first kappa shape index (κ1) is 16.2. The number of carbonyl (C=O) groups excluding carboxylic acids is 2. The second-order valence-electron chi connectivity index (χ2n) is 5.95. The van der Waals surface area contributed by atoms with Crippen LogP contribution in [0.3, 0.4) is 0 Å². The van der Waals surface area contributed by atoms with Crippen LogP contribution < -0.4 is 0 Å². The number of hydrogen-bond donors (Lipinski definition) is 0. The number of amides is 1. The minimum absolute atomic E-state index is 0.147. The molecule has 0 aliphatic carbocycles. The normalized spacial score (nSPS) is 20.2. The standard InChI is InChI=1S/C20H21NO3/c1-2-24-20(23)18-17(16-11-7-4-8-12-16)14-21(19(18)22)13-15-9-5-3-6-10-15/h3-12,17-18H,2,13-14H2,1H3/t17-,18-/m1/s1. The average molecular weight is 323 g/mol. The van der Waals surface area contributed by atoms with Gasteiger partial charge in [0.25, 0.3) is 0 Å². The highest BCUT2D eigenvalue weighted by atomic mass is 16.5. The Labute approximate surface area is 142 Å². The fourth-order valence-electron chi connectivity index (χ4n) is 3.24. The molecule has 2 aromatic rings. The van der Waals surface area contributed by atoms with Crippen LogP contribution in [0.25, 0.3) is 0 Å². The first-order valence-corrected chi connectivity index (χ1v) is 8.25. The van der Waals surface area contributed by atoms with Gasteiger partial charge in [0, 0.05) is 19.0 Å². The van der Waals surface area contributed by atoms with Gasteiger partial charge < -0.3 is 9.64 Å². The van der Waals surface area contributed by atoms with E-state index in [1.165, 1.54) is 0 Å². The van der Waals surface area contributed by atoms with E-state index in [1.54, 1.807) is 11.8 Å². The molecule has 0 N–H and O–H groups in total. The van der Waals surface area contributed by atoms with Gasteiger partial charge in [-0.05, 0) is 18.1 Å². The molecular formula is C20H21NO3. The van der Waals surface area contributed by atoms with Crippen molar-refractivity contribution < 1.29 is 14.3 Å². The van der Waals surface area contributed by atoms with Crippen molar-refractivity contribution in [3.05, 3.63) is 71.8 Å². The van der Waals surface area contributed by atoms with Crippen molar-refractivity contribution in [2.45, 2.75) is 19.4 Å². The smallest absolute Gasteiger partial charge is 0.319 e. The molecule has 0 radical (unpaired) electrons. The van der Waals surface area contributed by atoms with Crippen LogP contribution in [0.1, 0.15) is 24.0 Å². The van der Waals surface area contributed by atoms with Gasteiger partial charge in [-0.15, -0.1) is 0 Å². The van der Waals surface area contributed by atoms with Crippen LogP contribution >= 0.6 is 0 Å². The summed E-state index contributed by atoms with van der Waals surface area (Å²) in [5, 5.41) is 0. The Kier molecular flexibility index (Phi) is 4.94. The Balaban J connectivity index is 1.86. The summed E-state index contributed by atoms with van der Waals surface area (Å²) in [6.07, 6.45) is 0.